The molecule has 1 atom stereocenters. The highest BCUT2D eigenvalue weighted by Crippen LogP contribution is 2.28. The topological polar surface area (TPSA) is 66.5 Å². The first-order valence-corrected chi connectivity index (χ1v) is 9.59. The third-order valence-corrected chi connectivity index (χ3v) is 5.66. The van der Waals surface area contributed by atoms with Gasteiger partial charge in [0.15, 0.2) is 5.78 Å². The van der Waals surface area contributed by atoms with Crippen LogP contribution < -0.4 is 5.32 Å². The van der Waals surface area contributed by atoms with Gasteiger partial charge in [0.05, 0.1) is 10.9 Å². The first-order valence-electron chi connectivity index (χ1n) is 8.77. The van der Waals surface area contributed by atoms with Crippen LogP contribution in [0.25, 0.3) is 10.4 Å². The summed E-state index contributed by atoms with van der Waals surface area (Å²) in [6, 6.07) is 10.9. The van der Waals surface area contributed by atoms with E-state index in [1.807, 2.05) is 31.2 Å². The van der Waals surface area contributed by atoms with Crippen LogP contribution in [0.4, 0.5) is 0 Å². The SMILES string of the molecule is CCCN1C[C@@H](NC(=O)c2ccc(-c3ccc(C(C)=O)s3)cc2)CC1=O. The van der Waals surface area contributed by atoms with Crippen molar-refractivity contribution in [2.75, 3.05) is 13.1 Å². The van der Waals surface area contributed by atoms with E-state index in [4.69, 9.17) is 0 Å². The van der Waals surface area contributed by atoms with Crippen molar-refractivity contribution in [1.29, 1.82) is 0 Å². The number of carbonyl (C=O) groups is 3. The summed E-state index contributed by atoms with van der Waals surface area (Å²) >= 11 is 1.45. The number of likely N-dealkylation sites (tertiary alicyclic amines) is 1. The molecule has 1 aromatic heterocycles. The average molecular weight is 370 g/mol. The lowest BCUT2D eigenvalue weighted by Crippen LogP contribution is -2.37. The highest BCUT2D eigenvalue weighted by Gasteiger charge is 2.30. The largest absolute Gasteiger partial charge is 0.347 e. The Morgan fingerprint density at radius 2 is 1.92 bits per heavy atom. The molecule has 5 nitrogen and oxygen atoms in total. The molecule has 2 heterocycles. The first kappa shape index (κ1) is 18.3. The Bertz CT molecular complexity index is 826. The molecule has 2 aromatic rings. The van der Waals surface area contributed by atoms with Crippen molar-refractivity contribution in [3.05, 3.63) is 46.8 Å². The summed E-state index contributed by atoms with van der Waals surface area (Å²) in [4.78, 5) is 39.3. The maximum atomic E-state index is 12.4. The second-order valence-electron chi connectivity index (χ2n) is 6.51. The molecule has 136 valence electrons. The molecule has 6 heteroatoms. The minimum Gasteiger partial charge on any atom is -0.347 e. The molecular formula is C20H22N2O3S. The van der Waals surface area contributed by atoms with Gasteiger partial charge >= 0.3 is 0 Å². The molecule has 1 saturated heterocycles. The molecule has 1 aliphatic rings. The monoisotopic (exact) mass is 370 g/mol. The van der Waals surface area contributed by atoms with Gasteiger partial charge in [-0.2, -0.15) is 0 Å². The van der Waals surface area contributed by atoms with Crippen molar-refractivity contribution in [3.63, 3.8) is 0 Å². The number of Topliss-reactive ketones (excluding diaryl/α,β-unsaturated/α-hetero) is 1. The first-order chi connectivity index (χ1) is 12.5. The second kappa shape index (κ2) is 7.83. The van der Waals surface area contributed by atoms with Gasteiger partial charge < -0.3 is 10.2 Å². The van der Waals surface area contributed by atoms with Gasteiger partial charge in [-0.15, -0.1) is 11.3 Å². The standard InChI is InChI=1S/C20H22N2O3S/c1-3-10-22-12-16(11-19(22)24)21-20(25)15-6-4-14(5-7-15)18-9-8-17(26-18)13(2)23/h4-9,16H,3,10-12H2,1-2H3,(H,21,25)/t16-/m0/s1. The van der Waals surface area contributed by atoms with Gasteiger partial charge in [0, 0.05) is 30.0 Å². The predicted molar refractivity (Wildman–Crippen MR) is 103 cm³/mol. The molecule has 3 rings (SSSR count). The zero-order valence-electron chi connectivity index (χ0n) is 15.0. The van der Waals surface area contributed by atoms with E-state index in [1.54, 1.807) is 24.0 Å². The number of rotatable bonds is 6. The molecule has 26 heavy (non-hydrogen) atoms. The third-order valence-electron chi connectivity index (χ3n) is 4.43. The highest BCUT2D eigenvalue weighted by atomic mass is 32.1. The lowest BCUT2D eigenvalue weighted by atomic mass is 10.1. The van der Waals surface area contributed by atoms with E-state index in [9.17, 15) is 14.4 Å². The molecule has 0 bridgehead atoms. The van der Waals surface area contributed by atoms with Crippen LogP contribution in [0.1, 0.15) is 46.7 Å². The molecule has 2 amide bonds. The number of thiophene rings is 1. The van der Waals surface area contributed by atoms with Crippen molar-refractivity contribution >= 4 is 28.9 Å². The molecule has 0 aliphatic carbocycles. The molecular weight excluding hydrogens is 348 g/mol. The predicted octanol–water partition coefficient (Wildman–Crippen LogP) is 3.36. The number of nitrogens with zero attached hydrogens (tertiary/aromatic N) is 1. The van der Waals surface area contributed by atoms with Crippen LogP contribution in [0, 0.1) is 0 Å². The van der Waals surface area contributed by atoms with Crippen LogP contribution in [0.5, 0.6) is 0 Å². The number of benzene rings is 1. The summed E-state index contributed by atoms with van der Waals surface area (Å²) in [6.07, 6.45) is 1.29. The highest BCUT2D eigenvalue weighted by molar-refractivity contribution is 7.17. The summed E-state index contributed by atoms with van der Waals surface area (Å²) in [5.74, 6) is -0.00440. The normalized spacial score (nSPS) is 16.8. The number of nitrogens with one attached hydrogen (secondary N) is 1. The van der Waals surface area contributed by atoms with Gasteiger partial charge in [0.25, 0.3) is 5.91 Å². The fourth-order valence-electron chi connectivity index (χ4n) is 3.09. The molecule has 1 fully saturated rings. The third kappa shape index (κ3) is 4.02. The summed E-state index contributed by atoms with van der Waals surface area (Å²) in [5.41, 5.74) is 1.54. The van der Waals surface area contributed by atoms with Crippen molar-refractivity contribution in [3.8, 4) is 10.4 Å². The zero-order valence-corrected chi connectivity index (χ0v) is 15.8. The lowest BCUT2D eigenvalue weighted by molar-refractivity contribution is -0.127. The lowest BCUT2D eigenvalue weighted by Gasteiger charge is -2.16. The molecule has 1 N–H and O–H groups in total. The molecule has 1 aliphatic heterocycles. The number of hydrogen-bond donors (Lipinski definition) is 1. The summed E-state index contributed by atoms with van der Waals surface area (Å²) in [7, 11) is 0. The van der Waals surface area contributed by atoms with Gasteiger partial charge in [0.2, 0.25) is 5.91 Å². The Labute approximate surface area is 157 Å². The second-order valence-corrected chi connectivity index (χ2v) is 7.60. The van der Waals surface area contributed by atoms with Crippen molar-refractivity contribution < 1.29 is 14.4 Å². The Kier molecular flexibility index (Phi) is 5.52. The minimum atomic E-state index is -0.164. The van der Waals surface area contributed by atoms with Crippen LogP contribution in [-0.4, -0.2) is 41.6 Å². The van der Waals surface area contributed by atoms with Crippen molar-refractivity contribution in [2.45, 2.75) is 32.7 Å². The molecule has 1 aromatic carbocycles. The Balaban J connectivity index is 1.64. The molecule has 0 radical (unpaired) electrons. The van der Waals surface area contributed by atoms with Gasteiger partial charge in [-0.25, -0.2) is 0 Å². The fraction of sp³-hybridized carbons (Fsp3) is 0.350. The molecule has 0 saturated carbocycles. The zero-order chi connectivity index (χ0) is 18.7. The van der Waals surface area contributed by atoms with Crippen LogP contribution in [0.3, 0.4) is 0 Å². The summed E-state index contributed by atoms with van der Waals surface area (Å²) in [6.45, 7) is 4.91. The van der Waals surface area contributed by atoms with E-state index in [-0.39, 0.29) is 23.6 Å². The summed E-state index contributed by atoms with van der Waals surface area (Å²) < 4.78 is 0. The number of hydrogen-bond acceptors (Lipinski definition) is 4. The minimum absolute atomic E-state index is 0.0560. The number of ketones is 1. The van der Waals surface area contributed by atoms with Crippen molar-refractivity contribution in [1.82, 2.24) is 10.2 Å². The Morgan fingerprint density at radius 1 is 1.19 bits per heavy atom. The van der Waals surface area contributed by atoms with E-state index < -0.39 is 0 Å². The van der Waals surface area contributed by atoms with Gasteiger partial charge in [-0.1, -0.05) is 19.1 Å². The van der Waals surface area contributed by atoms with Crippen LogP contribution in [0.15, 0.2) is 36.4 Å². The van der Waals surface area contributed by atoms with E-state index in [0.29, 0.717) is 18.5 Å². The maximum Gasteiger partial charge on any atom is 0.251 e. The van der Waals surface area contributed by atoms with Crippen molar-refractivity contribution in [2.24, 2.45) is 0 Å². The van der Waals surface area contributed by atoms with E-state index in [1.165, 1.54) is 11.3 Å². The van der Waals surface area contributed by atoms with E-state index in [0.717, 1.165) is 28.3 Å². The van der Waals surface area contributed by atoms with Gasteiger partial charge in [-0.3, -0.25) is 14.4 Å². The van der Waals surface area contributed by atoms with Crippen LogP contribution in [0.2, 0.25) is 0 Å². The quantitative estimate of drug-likeness (QED) is 0.793. The fourth-order valence-corrected chi connectivity index (χ4v) is 4.00. The van der Waals surface area contributed by atoms with Gasteiger partial charge in [-0.05, 0) is 43.2 Å². The number of carbonyl (C=O) groups excluding carboxylic acids is 3. The van der Waals surface area contributed by atoms with Crippen LogP contribution in [-0.2, 0) is 4.79 Å². The van der Waals surface area contributed by atoms with Crippen LogP contribution >= 0.6 is 11.3 Å². The Morgan fingerprint density at radius 3 is 2.54 bits per heavy atom. The van der Waals surface area contributed by atoms with E-state index >= 15 is 0 Å². The molecule has 0 unspecified atom stereocenters. The number of amides is 2. The van der Waals surface area contributed by atoms with Gasteiger partial charge in [0.1, 0.15) is 0 Å². The smallest absolute Gasteiger partial charge is 0.251 e. The average Bonchev–Trinajstić information content (AvgIpc) is 3.23. The maximum absolute atomic E-state index is 12.4. The summed E-state index contributed by atoms with van der Waals surface area (Å²) in [5, 5.41) is 2.95. The Hall–Kier alpha value is -2.47. The molecule has 0 spiro atoms. The van der Waals surface area contributed by atoms with E-state index in [2.05, 4.69) is 5.32 Å².